The smallest absolute Gasteiger partial charge is 0.253 e. The molecular weight excluding hydrogens is 290 g/mol. The molecule has 4 nitrogen and oxygen atoms in total. The van der Waals surface area contributed by atoms with Gasteiger partial charge in [-0.25, -0.2) is 0 Å². The van der Waals surface area contributed by atoms with Crippen LogP contribution in [-0.2, 0) is 9.53 Å². The van der Waals surface area contributed by atoms with E-state index in [1.807, 2.05) is 6.92 Å². The molecule has 2 unspecified atom stereocenters. The molecule has 0 bridgehead atoms. The van der Waals surface area contributed by atoms with E-state index in [2.05, 4.69) is 17.2 Å². The van der Waals surface area contributed by atoms with Crippen LogP contribution in [-0.4, -0.2) is 29.8 Å². The van der Waals surface area contributed by atoms with Crippen molar-refractivity contribution in [2.75, 3.05) is 11.9 Å². The van der Waals surface area contributed by atoms with Crippen molar-refractivity contribution in [3.63, 3.8) is 0 Å². The SMILES string of the molecule is CC1CCC(C(=O)Nc2cc(Cl)ccc2C#CCCO)O1. The predicted molar refractivity (Wildman–Crippen MR) is 82.2 cm³/mol. The molecule has 1 aromatic rings. The maximum atomic E-state index is 12.2. The summed E-state index contributed by atoms with van der Waals surface area (Å²) in [5, 5.41) is 12.1. The van der Waals surface area contributed by atoms with Gasteiger partial charge in [0.1, 0.15) is 6.10 Å². The Morgan fingerprint density at radius 2 is 2.33 bits per heavy atom. The molecule has 5 heteroatoms. The quantitative estimate of drug-likeness (QED) is 0.844. The van der Waals surface area contributed by atoms with E-state index in [0.717, 1.165) is 12.8 Å². The van der Waals surface area contributed by atoms with Crippen molar-refractivity contribution >= 4 is 23.2 Å². The highest BCUT2D eigenvalue weighted by Crippen LogP contribution is 2.24. The first-order chi connectivity index (χ1) is 10.1. The molecule has 0 radical (unpaired) electrons. The summed E-state index contributed by atoms with van der Waals surface area (Å²) in [6.07, 6.45) is 1.69. The first-order valence-electron chi connectivity index (χ1n) is 6.95. The van der Waals surface area contributed by atoms with Crippen molar-refractivity contribution in [1.29, 1.82) is 0 Å². The van der Waals surface area contributed by atoms with Gasteiger partial charge in [0, 0.05) is 17.0 Å². The summed E-state index contributed by atoms with van der Waals surface area (Å²) >= 11 is 5.97. The largest absolute Gasteiger partial charge is 0.395 e. The van der Waals surface area contributed by atoms with Gasteiger partial charge in [-0.3, -0.25) is 4.79 Å². The average Bonchev–Trinajstić information content (AvgIpc) is 2.88. The molecule has 1 amide bonds. The van der Waals surface area contributed by atoms with Crippen LogP contribution in [0.4, 0.5) is 5.69 Å². The zero-order chi connectivity index (χ0) is 15.2. The van der Waals surface area contributed by atoms with Gasteiger partial charge >= 0.3 is 0 Å². The summed E-state index contributed by atoms with van der Waals surface area (Å²) in [7, 11) is 0. The fraction of sp³-hybridized carbons (Fsp3) is 0.438. The van der Waals surface area contributed by atoms with E-state index in [-0.39, 0.29) is 18.6 Å². The predicted octanol–water partition coefficient (Wildman–Crippen LogP) is 2.58. The number of amides is 1. The summed E-state index contributed by atoms with van der Waals surface area (Å²) in [6, 6.07) is 5.13. The van der Waals surface area contributed by atoms with E-state index in [1.54, 1.807) is 18.2 Å². The third kappa shape index (κ3) is 4.47. The van der Waals surface area contributed by atoms with Crippen LogP contribution in [0.25, 0.3) is 0 Å². The average molecular weight is 308 g/mol. The molecule has 21 heavy (non-hydrogen) atoms. The number of halogens is 1. The monoisotopic (exact) mass is 307 g/mol. The Labute approximate surface area is 129 Å². The second-order valence-corrected chi connectivity index (χ2v) is 5.40. The summed E-state index contributed by atoms with van der Waals surface area (Å²) in [5.41, 5.74) is 1.24. The fourth-order valence-corrected chi connectivity index (χ4v) is 2.32. The number of carbonyl (C=O) groups is 1. The lowest BCUT2D eigenvalue weighted by Gasteiger charge is -2.13. The minimum atomic E-state index is -0.419. The minimum absolute atomic E-state index is 0.0100. The van der Waals surface area contributed by atoms with E-state index >= 15 is 0 Å². The highest BCUT2D eigenvalue weighted by atomic mass is 35.5. The lowest BCUT2D eigenvalue weighted by molar-refractivity contribution is -0.126. The Hall–Kier alpha value is -1.54. The molecular formula is C16H18ClNO3. The number of rotatable bonds is 3. The maximum absolute atomic E-state index is 12.2. The lowest BCUT2D eigenvalue weighted by atomic mass is 10.1. The van der Waals surface area contributed by atoms with Crippen molar-refractivity contribution < 1.29 is 14.6 Å². The molecule has 1 aliphatic heterocycles. The number of aliphatic hydroxyl groups is 1. The topological polar surface area (TPSA) is 58.6 Å². The highest BCUT2D eigenvalue weighted by Gasteiger charge is 2.28. The molecule has 2 rings (SSSR count). The summed E-state index contributed by atoms with van der Waals surface area (Å²) in [5.74, 6) is 5.58. The van der Waals surface area contributed by atoms with Crippen LogP contribution >= 0.6 is 11.6 Å². The molecule has 1 heterocycles. The fourth-order valence-electron chi connectivity index (χ4n) is 2.15. The Kier molecular flexibility index (Phi) is 5.63. The van der Waals surface area contributed by atoms with E-state index in [4.69, 9.17) is 21.4 Å². The zero-order valence-electron chi connectivity index (χ0n) is 11.9. The van der Waals surface area contributed by atoms with E-state index in [1.165, 1.54) is 0 Å². The van der Waals surface area contributed by atoms with Crippen molar-refractivity contribution in [3.8, 4) is 11.8 Å². The number of hydrogen-bond acceptors (Lipinski definition) is 3. The van der Waals surface area contributed by atoms with Crippen LogP contribution in [0, 0.1) is 11.8 Å². The number of aliphatic hydroxyl groups excluding tert-OH is 1. The molecule has 112 valence electrons. The van der Waals surface area contributed by atoms with E-state index < -0.39 is 6.10 Å². The molecule has 0 aromatic heterocycles. The number of carbonyl (C=O) groups excluding carboxylic acids is 1. The first-order valence-corrected chi connectivity index (χ1v) is 7.33. The van der Waals surface area contributed by atoms with E-state index in [9.17, 15) is 4.79 Å². The molecule has 1 saturated heterocycles. The number of hydrogen-bond donors (Lipinski definition) is 2. The number of ether oxygens (including phenoxy) is 1. The molecule has 0 spiro atoms. The molecule has 1 fully saturated rings. The maximum Gasteiger partial charge on any atom is 0.253 e. The summed E-state index contributed by atoms with van der Waals surface area (Å²) in [6.45, 7) is 1.97. The van der Waals surface area contributed by atoms with Crippen molar-refractivity contribution in [2.45, 2.75) is 38.4 Å². The van der Waals surface area contributed by atoms with Crippen molar-refractivity contribution in [1.82, 2.24) is 0 Å². The molecule has 0 aliphatic carbocycles. The third-order valence-corrected chi connectivity index (χ3v) is 3.46. The van der Waals surface area contributed by atoms with Crippen LogP contribution in [0.15, 0.2) is 18.2 Å². The second-order valence-electron chi connectivity index (χ2n) is 4.97. The van der Waals surface area contributed by atoms with Crippen LogP contribution in [0.3, 0.4) is 0 Å². The molecule has 1 aliphatic rings. The summed E-state index contributed by atoms with van der Waals surface area (Å²) < 4.78 is 5.55. The third-order valence-electron chi connectivity index (χ3n) is 3.22. The van der Waals surface area contributed by atoms with Gasteiger partial charge in [0.2, 0.25) is 0 Å². The Morgan fingerprint density at radius 1 is 1.52 bits per heavy atom. The van der Waals surface area contributed by atoms with Gasteiger partial charge in [-0.05, 0) is 38.0 Å². The van der Waals surface area contributed by atoms with Gasteiger partial charge in [-0.2, -0.15) is 0 Å². The Balaban J connectivity index is 2.13. The van der Waals surface area contributed by atoms with Crippen molar-refractivity contribution in [2.24, 2.45) is 0 Å². The van der Waals surface area contributed by atoms with Gasteiger partial charge in [-0.15, -0.1) is 0 Å². The zero-order valence-corrected chi connectivity index (χ0v) is 12.6. The summed E-state index contributed by atoms with van der Waals surface area (Å²) in [4.78, 5) is 12.2. The van der Waals surface area contributed by atoms with Crippen LogP contribution < -0.4 is 5.32 Å². The Bertz CT molecular complexity index is 577. The van der Waals surface area contributed by atoms with Gasteiger partial charge in [-0.1, -0.05) is 23.4 Å². The second kappa shape index (κ2) is 7.46. The molecule has 2 N–H and O–H groups in total. The number of nitrogens with one attached hydrogen (secondary N) is 1. The van der Waals surface area contributed by atoms with E-state index in [0.29, 0.717) is 22.7 Å². The van der Waals surface area contributed by atoms with Crippen molar-refractivity contribution in [3.05, 3.63) is 28.8 Å². The Morgan fingerprint density at radius 3 is 3.00 bits per heavy atom. The number of anilines is 1. The van der Waals surface area contributed by atoms with Gasteiger partial charge in [0.05, 0.1) is 18.4 Å². The van der Waals surface area contributed by atoms with Crippen LogP contribution in [0.5, 0.6) is 0 Å². The van der Waals surface area contributed by atoms with Gasteiger partial charge in [0.15, 0.2) is 0 Å². The van der Waals surface area contributed by atoms with Gasteiger partial charge < -0.3 is 15.2 Å². The van der Waals surface area contributed by atoms with Crippen LogP contribution in [0.2, 0.25) is 5.02 Å². The highest BCUT2D eigenvalue weighted by molar-refractivity contribution is 6.31. The normalized spacial score (nSPS) is 20.7. The molecule has 1 aromatic carbocycles. The standard InChI is InChI=1S/C16H18ClNO3/c1-11-5-8-15(21-11)16(20)18-14-10-13(17)7-6-12(14)4-2-3-9-19/h6-7,10-11,15,19H,3,5,8-9H2,1H3,(H,18,20). The first kappa shape index (κ1) is 15.8. The minimum Gasteiger partial charge on any atom is -0.395 e. The van der Waals surface area contributed by atoms with Gasteiger partial charge in [0.25, 0.3) is 5.91 Å². The molecule has 2 atom stereocenters. The number of benzene rings is 1. The molecule has 0 saturated carbocycles. The van der Waals surface area contributed by atoms with Crippen LogP contribution in [0.1, 0.15) is 31.7 Å². The lowest BCUT2D eigenvalue weighted by Crippen LogP contribution is -2.28.